The van der Waals surface area contributed by atoms with Crippen molar-refractivity contribution in [3.63, 3.8) is 0 Å². The number of hydrogen-bond acceptors (Lipinski definition) is 3. The van der Waals surface area contributed by atoms with Gasteiger partial charge in [0.25, 0.3) is 5.91 Å². The van der Waals surface area contributed by atoms with E-state index in [9.17, 15) is 9.90 Å². The highest BCUT2D eigenvalue weighted by molar-refractivity contribution is 9.10. The first-order valence-electron chi connectivity index (χ1n) is 5.69. The Morgan fingerprint density at radius 2 is 2.26 bits per heavy atom. The molecule has 6 heteroatoms. The summed E-state index contributed by atoms with van der Waals surface area (Å²) in [6.45, 7) is 0.387. The molecule has 100 valence electrons. The van der Waals surface area contributed by atoms with Crippen LogP contribution in [0, 0.1) is 0 Å². The molecule has 1 aromatic heterocycles. The Hall–Kier alpha value is -1.82. The van der Waals surface area contributed by atoms with E-state index in [1.807, 2.05) is 17.8 Å². The lowest BCUT2D eigenvalue weighted by Crippen LogP contribution is -2.27. The molecule has 5 nitrogen and oxygen atoms in total. The number of phenolic OH excluding ortho intramolecular Hbond substituents is 1. The standard InChI is InChI=1S/C13H14BrN3O2/c1-16-6-5-15-12(16)8-17(2)13(19)10-4-3-9(14)7-11(10)18/h3-7,18H,8H2,1-2H3. The maximum Gasteiger partial charge on any atom is 0.257 e. The molecule has 1 amide bonds. The fourth-order valence-electron chi connectivity index (χ4n) is 1.72. The molecule has 0 bridgehead atoms. The first-order chi connectivity index (χ1) is 8.99. The molecular formula is C13H14BrN3O2. The smallest absolute Gasteiger partial charge is 0.257 e. The van der Waals surface area contributed by atoms with Crippen LogP contribution in [-0.2, 0) is 13.6 Å². The summed E-state index contributed by atoms with van der Waals surface area (Å²) in [4.78, 5) is 17.9. The molecule has 0 atom stereocenters. The summed E-state index contributed by atoms with van der Waals surface area (Å²) in [5.41, 5.74) is 0.278. The third-order valence-corrected chi connectivity index (χ3v) is 3.33. The maximum absolute atomic E-state index is 12.2. The number of benzene rings is 1. The van der Waals surface area contributed by atoms with Crippen LogP contribution in [0.3, 0.4) is 0 Å². The van der Waals surface area contributed by atoms with Crippen molar-refractivity contribution >= 4 is 21.8 Å². The molecule has 0 saturated carbocycles. The maximum atomic E-state index is 12.2. The number of carbonyl (C=O) groups is 1. The van der Waals surface area contributed by atoms with Crippen LogP contribution in [0.4, 0.5) is 0 Å². The van der Waals surface area contributed by atoms with E-state index in [1.54, 1.807) is 25.4 Å². The Kier molecular flexibility index (Phi) is 3.90. The highest BCUT2D eigenvalue weighted by Crippen LogP contribution is 2.23. The minimum absolute atomic E-state index is 0.0361. The van der Waals surface area contributed by atoms with E-state index >= 15 is 0 Å². The topological polar surface area (TPSA) is 58.4 Å². The van der Waals surface area contributed by atoms with Crippen molar-refractivity contribution in [1.82, 2.24) is 14.5 Å². The van der Waals surface area contributed by atoms with Crippen molar-refractivity contribution in [2.24, 2.45) is 7.05 Å². The predicted octanol–water partition coefficient (Wildman–Crippen LogP) is 2.16. The van der Waals surface area contributed by atoms with Crippen molar-refractivity contribution in [3.8, 4) is 5.75 Å². The Balaban J connectivity index is 2.17. The number of amides is 1. The molecule has 2 rings (SSSR count). The van der Waals surface area contributed by atoms with Gasteiger partial charge >= 0.3 is 0 Å². The van der Waals surface area contributed by atoms with Gasteiger partial charge in [-0.2, -0.15) is 0 Å². The van der Waals surface area contributed by atoms with Gasteiger partial charge in [-0.15, -0.1) is 0 Å². The summed E-state index contributed by atoms with van der Waals surface area (Å²) in [5.74, 6) is 0.506. The zero-order valence-corrected chi connectivity index (χ0v) is 12.3. The van der Waals surface area contributed by atoms with Crippen LogP contribution in [0.1, 0.15) is 16.2 Å². The summed E-state index contributed by atoms with van der Waals surface area (Å²) >= 11 is 3.24. The van der Waals surface area contributed by atoms with Crippen LogP contribution in [-0.4, -0.2) is 32.5 Å². The number of imidazole rings is 1. The first-order valence-corrected chi connectivity index (χ1v) is 6.48. The number of hydrogen-bond donors (Lipinski definition) is 1. The van der Waals surface area contributed by atoms with Crippen LogP contribution < -0.4 is 0 Å². The lowest BCUT2D eigenvalue weighted by Gasteiger charge is -2.17. The molecule has 1 aromatic carbocycles. The van der Waals surface area contributed by atoms with Crippen LogP contribution >= 0.6 is 15.9 Å². The fourth-order valence-corrected chi connectivity index (χ4v) is 2.07. The summed E-state index contributed by atoms with van der Waals surface area (Å²) in [6.07, 6.45) is 3.51. The van der Waals surface area contributed by atoms with Crippen molar-refractivity contribution in [2.45, 2.75) is 6.54 Å². The summed E-state index contributed by atoms with van der Waals surface area (Å²) in [7, 11) is 3.55. The summed E-state index contributed by atoms with van der Waals surface area (Å²) in [6, 6.07) is 4.82. The lowest BCUT2D eigenvalue weighted by molar-refractivity contribution is 0.0777. The Morgan fingerprint density at radius 3 is 2.84 bits per heavy atom. The van der Waals surface area contributed by atoms with E-state index in [4.69, 9.17) is 0 Å². The van der Waals surface area contributed by atoms with Crippen molar-refractivity contribution in [3.05, 3.63) is 46.5 Å². The minimum atomic E-state index is -0.243. The van der Waals surface area contributed by atoms with E-state index in [1.165, 1.54) is 11.0 Å². The molecule has 0 aliphatic rings. The molecule has 1 heterocycles. The van der Waals surface area contributed by atoms with Gasteiger partial charge in [0.2, 0.25) is 0 Å². The first kappa shape index (κ1) is 13.6. The van der Waals surface area contributed by atoms with E-state index in [0.717, 1.165) is 10.3 Å². The van der Waals surface area contributed by atoms with E-state index in [0.29, 0.717) is 6.54 Å². The number of carbonyl (C=O) groups excluding carboxylic acids is 1. The molecule has 0 aliphatic carbocycles. The average Bonchev–Trinajstić information content (AvgIpc) is 2.74. The van der Waals surface area contributed by atoms with Crippen LogP contribution in [0.15, 0.2) is 35.1 Å². The van der Waals surface area contributed by atoms with Gasteiger partial charge < -0.3 is 14.6 Å². The molecule has 0 spiro atoms. The van der Waals surface area contributed by atoms with Gasteiger partial charge in [0.15, 0.2) is 0 Å². The Labute approximate surface area is 119 Å². The molecule has 19 heavy (non-hydrogen) atoms. The largest absolute Gasteiger partial charge is 0.507 e. The third-order valence-electron chi connectivity index (χ3n) is 2.84. The van der Waals surface area contributed by atoms with Gasteiger partial charge in [-0.05, 0) is 18.2 Å². The predicted molar refractivity (Wildman–Crippen MR) is 74.8 cm³/mol. The fraction of sp³-hybridized carbons (Fsp3) is 0.231. The average molecular weight is 324 g/mol. The molecule has 0 radical (unpaired) electrons. The number of rotatable bonds is 3. The molecule has 0 unspecified atom stereocenters. The van der Waals surface area contributed by atoms with E-state index < -0.39 is 0 Å². The number of aryl methyl sites for hydroxylation is 1. The highest BCUT2D eigenvalue weighted by Gasteiger charge is 2.17. The Morgan fingerprint density at radius 1 is 1.53 bits per heavy atom. The SMILES string of the molecule is CN(Cc1nccn1C)C(=O)c1ccc(Br)cc1O. The van der Waals surface area contributed by atoms with Gasteiger partial charge in [0.05, 0.1) is 12.1 Å². The quantitative estimate of drug-likeness (QED) is 0.941. The van der Waals surface area contributed by atoms with Gasteiger partial charge in [-0.1, -0.05) is 15.9 Å². The van der Waals surface area contributed by atoms with Crippen molar-refractivity contribution in [1.29, 1.82) is 0 Å². The zero-order valence-electron chi connectivity index (χ0n) is 10.7. The second-order valence-corrected chi connectivity index (χ2v) is 5.19. The number of phenols is 1. The second kappa shape index (κ2) is 5.44. The van der Waals surface area contributed by atoms with E-state index in [2.05, 4.69) is 20.9 Å². The summed E-state index contributed by atoms with van der Waals surface area (Å²) < 4.78 is 2.58. The normalized spacial score (nSPS) is 10.5. The van der Waals surface area contributed by atoms with Gasteiger partial charge in [-0.25, -0.2) is 4.98 Å². The molecule has 0 saturated heterocycles. The van der Waals surface area contributed by atoms with E-state index in [-0.39, 0.29) is 17.2 Å². The number of nitrogens with zero attached hydrogens (tertiary/aromatic N) is 3. The van der Waals surface area contributed by atoms with Crippen LogP contribution in [0.5, 0.6) is 5.75 Å². The lowest BCUT2D eigenvalue weighted by atomic mass is 10.2. The number of aromatic nitrogens is 2. The van der Waals surface area contributed by atoms with Crippen LogP contribution in [0.25, 0.3) is 0 Å². The summed E-state index contributed by atoms with van der Waals surface area (Å²) in [5, 5.41) is 9.79. The molecule has 0 aliphatic heterocycles. The minimum Gasteiger partial charge on any atom is -0.507 e. The zero-order chi connectivity index (χ0) is 14.0. The molecule has 1 N–H and O–H groups in total. The number of aromatic hydroxyl groups is 1. The van der Waals surface area contributed by atoms with Gasteiger partial charge in [0.1, 0.15) is 11.6 Å². The molecule has 2 aromatic rings. The highest BCUT2D eigenvalue weighted by atomic mass is 79.9. The third kappa shape index (κ3) is 2.96. The van der Waals surface area contributed by atoms with Crippen molar-refractivity contribution < 1.29 is 9.90 Å². The monoisotopic (exact) mass is 323 g/mol. The van der Waals surface area contributed by atoms with Crippen LogP contribution in [0.2, 0.25) is 0 Å². The van der Waals surface area contributed by atoms with Gasteiger partial charge in [-0.3, -0.25) is 4.79 Å². The molecular weight excluding hydrogens is 310 g/mol. The van der Waals surface area contributed by atoms with Crippen molar-refractivity contribution in [2.75, 3.05) is 7.05 Å². The Bertz CT molecular complexity index is 610. The number of halogens is 1. The second-order valence-electron chi connectivity index (χ2n) is 4.28. The molecule has 0 fully saturated rings. The van der Waals surface area contributed by atoms with Gasteiger partial charge in [0, 0.05) is 31.0 Å².